The van der Waals surface area contributed by atoms with Crippen molar-refractivity contribution in [2.24, 2.45) is 5.92 Å². The largest absolute Gasteiger partial charge is 0.316 e. The lowest BCUT2D eigenvalue weighted by atomic mass is 9.94. The van der Waals surface area contributed by atoms with Crippen LogP contribution in [0.25, 0.3) is 0 Å². The van der Waals surface area contributed by atoms with Crippen LogP contribution in [-0.2, 0) is 15.8 Å². The summed E-state index contributed by atoms with van der Waals surface area (Å²) in [4.78, 5) is 0. The molecular weight excluding hydrogens is 296 g/mol. The molecule has 2 atom stereocenters. The van der Waals surface area contributed by atoms with Gasteiger partial charge >= 0.3 is 0 Å². The van der Waals surface area contributed by atoms with Crippen LogP contribution in [0.3, 0.4) is 0 Å². The maximum absolute atomic E-state index is 12.1. The first-order valence-corrected chi connectivity index (χ1v) is 8.47. The number of sulfonamides is 1. The van der Waals surface area contributed by atoms with E-state index in [0.717, 1.165) is 31.5 Å². The molecule has 0 saturated carbocycles. The Morgan fingerprint density at radius 3 is 2.65 bits per heavy atom. The second-order valence-corrected chi connectivity index (χ2v) is 7.01. The molecule has 0 bridgehead atoms. The van der Waals surface area contributed by atoms with Gasteiger partial charge in [0.05, 0.1) is 5.75 Å². The Morgan fingerprint density at radius 2 is 2.05 bits per heavy atom. The van der Waals surface area contributed by atoms with Crippen molar-refractivity contribution < 1.29 is 8.42 Å². The Hall–Kier alpha value is -0.620. The fraction of sp³-hybridized carbons (Fsp3) is 0.571. The van der Waals surface area contributed by atoms with Crippen molar-refractivity contribution in [2.75, 3.05) is 13.1 Å². The lowest BCUT2D eigenvalue weighted by molar-refractivity contribution is 0.320. The van der Waals surface area contributed by atoms with Crippen LogP contribution in [0, 0.1) is 5.92 Å². The average molecular weight is 319 g/mol. The van der Waals surface area contributed by atoms with Gasteiger partial charge in [-0.15, -0.1) is 12.4 Å². The molecule has 20 heavy (non-hydrogen) atoms. The van der Waals surface area contributed by atoms with Crippen LogP contribution < -0.4 is 10.0 Å². The van der Waals surface area contributed by atoms with Crippen molar-refractivity contribution in [1.29, 1.82) is 0 Å². The summed E-state index contributed by atoms with van der Waals surface area (Å²) in [6, 6.07) is 9.28. The van der Waals surface area contributed by atoms with E-state index >= 15 is 0 Å². The Kier molecular flexibility index (Phi) is 6.95. The molecule has 6 heteroatoms. The van der Waals surface area contributed by atoms with Gasteiger partial charge in [-0.05, 0) is 44.3 Å². The molecule has 1 saturated heterocycles. The highest BCUT2D eigenvalue weighted by Gasteiger charge is 2.24. The van der Waals surface area contributed by atoms with E-state index in [4.69, 9.17) is 0 Å². The Balaban J connectivity index is 0.00000200. The summed E-state index contributed by atoms with van der Waals surface area (Å²) < 4.78 is 27.0. The zero-order valence-corrected chi connectivity index (χ0v) is 13.3. The normalized spacial score (nSPS) is 20.9. The third-order valence-electron chi connectivity index (χ3n) is 3.61. The molecular formula is C14H23ClN2O2S. The van der Waals surface area contributed by atoms with Crippen LogP contribution >= 0.6 is 12.4 Å². The van der Waals surface area contributed by atoms with Gasteiger partial charge < -0.3 is 5.32 Å². The predicted molar refractivity (Wildman–Crippen MR) is 84.5 cm³/mol. The van der Waals surface area contributed by atoms with Crippen LogP contribution in [0.4, 0.5) is 0 Å². The predicted octanol–water partition coefficient (Wildman–Crippen LogP) is 1.92. The molecule has 1 aliphatic rings. The number of rotatable bonds is 5. The highest BCUT2D eigenvalue weighted by Crippen LogP contribution is 2.15. The van der Waals surface area contributed by atoms with Crippen LogP contribution in [0.5, 0.6) is 0 Å². The monoisotopic (exact) mass is 318 g/mol. The molecule has 0 aromatic heterocycles. The zero-order valence-electron chi connectivity index (χ0n) is 11.7. The molecule has 4 nitrogen and oxygen atoms in total. The molecule has 114 valence electrons. The number of halogens is 1. The smallest absolute Gasteiger partial charge is 0.216 e. The van der Waals surface area contributed by atoms with Gasteiger partial charge in [0.15, 0.2) is 0 Å². The lowest BCUT2D eigenvalue weighted by Gasteiger charge is -2.28. The lowest BCUT2D eigenvalue weighted by Crippen LogP contribution is -2.44. The third-order valence-corrected chi connectivity index (χ3v) is 5.05. The zero-order chi connectivity index (χ0) is 13.7. The van der Waals surface area contributed by atoms with Crippen molar-refractivity contribution in [2.45, 2.75) is 31.6 Å². The van der Waals surface area contributed by atoms with Gasteiger partial charge in [0.1, 0.15) is 0 Å². The maximum Gasteiger partial charge on any atom is 0.216 e. The summed E-state index contributed by atoms with van der Waals surface area (Å²) in [6.07, 6.45) is 2.21. The van der Waals surface area contributed by atoms with Crippen LogP contribution in [0.1, 0.15) is 25.3 Å². The molecule has 1 aromatic carbocycles. The number of nitrogens with one attached hydrogen (secondary N) is 2. The van der Waals surface area contributed by atoms with E-state index in [0.29, 0.717) is 5.92 Å². The summed E-state index contributed by atoms with van der Waals surface area (Å²) in [6.45, 7) is 3.90. The van der Waals surface area contributed by atoms with Gasteiger partial charge in [-0.2, -0.15) is 0 Å². The Bertz CT molecular complexity index is 487. The molecule has 0 spiro atoms. The first-order chi connectivity index (χ1) is 9.07. The van der Waals surface area contributed by atoms with E-state index in [1.165, 1.54) is 0 Å². The minimum absolute atomic E-state index is 0. The number of piperidine rings is 1. The molecule has 1 aliphatic heterocycles. The summed E-state index contributed by atoms with van der Waals surface area (Å²) in [7, 11) is -3.26. The molecule has 1 fully saturated rings. The number of hydrogen-bond acceptors (Lipinski definition) is 3. The van der Waals surface area contributed by atoms with E-state index in [1.54, 1.807) is 0 Å². The summed E-state index contributed by atoms with van der Waals surface area (Å²) in [5.74, 6) is 0.442. The second kappa shape index (κ2) is 7.98. The summed E-state index contributed by atoms with van der Waals surface area (Å²) in [5, 5.41) is 3.32. The van der Waals surface area contributed by atoms with E-state index < -0.39 is 10.0 Å². The van der Waals surface area contributed by atoms with Gasteiger partial charge in [0, 0.05) is 6.04 Å². The third kappa shape index (κ3) is 5.40. The standard InChI is InChI=1S/C14H22N2O2S.ClH/c1-12(14-8-5-9-15-10-14)16-19(17,18)11-13-6-3-2-4-7-13;/h2-4,6-7,12,14-16H,5,8-11H2,1H3;1H. The van der Waals surface area contributed by atoms with Crippen molar-refractivity contribution in [1.82, 2.24) is 10.0 Å². The van der Waals surface area contributed by atoms with Gasteiger partial charge in [-0.25, -0.2) is 13.1 Å². The maximum atomic E-state index is 12.1. The van der Waals surface area contributed by atoms with Crippen molar-refractivity contribution in [3.63, 3.8) is 0 Å². The minimum atomic E-state index is -3.26. The van der Waals surface area contributed by atoms with E-state index in [9.17, 15) is 8.42 Å². The Morgan fingerprint density at radius 1 is 1.35 bits per heavy atom. The van der Waals surface area contributed by atoms with Crippen LogP contribution in [0.2, 0.25) is 0 Å². The van der Waals surface area contributed by atoms with Gasteiger partial charge in [0.2, 0.25) is 10.0 Å². The highest BCUT2D eigenvalue weighted by atomic mass is 35.5. The van der Waals surface area contributed by atoms with E-state index in [-0.39, 0.29) is 24.2 Å². The fourth-order valence-corrected chi connectivity index (χ4v) is 3.99. The summed E-state index contributed by atoms with van der Waals surface area (Å²) in [5.41, 5.74) is 0.823. The SMILES string of the molecule is CC(NS(=O)(=O)Cc1ccccc1)C1CCCNC1.Cl. The van der Waals surface area contributed by atoms with E-state index in [1.807, 2.05) is 37.3 Å². The van der Waals surface area contributed by atoms with Gasteiger partial charge in [-0.1, -0.05) is 30.3 Å². The summed E-state index contributed by atoms with van der Waals surface area (Å²) >= 11 is 0. The molecule has 2 N–H and O–H groups in total. The first kappa shape index (κ1) is 17.4. The molecule has 0 aliphatic carbocycles. The van der Waals surface area contributed by atoms with Crippen molar-refractivity contribution >= 4 is 22.4 Å². The molecule has 0 radical (unpaired) electrons. The Labute approximate surface area is 127 Å². The topological polar surface area (TPSA) is 58.2 Å². The molecule has 0 amide bonds. The number of hydrogen-bond donors (Lipinski definition) is 2. The van der Waals surface area contributed by atoms with Crippen LogP contribution in [0.15, 0.2) is 30.3 Å². The quantitative estimate of drug-likeness (QED) is 0.872. The van der Waals surface area contributed by atoms with Crippen molar-refractivity contribution in [3.05, 3.63) is 35.9 Å². The van der Waals surface area contributed by atoms with Crippen LogP contribution in [-0.4, -0.2) is 27.5 Å². The molecule has 2 rings (SSSR count). The molecule has 2 unspecified atom stereocenters. The van der Waals surface area contributed by atoms with Crippen molar-refractivity contribution in [3.8, 4) is 0 Å². The second-order valence-electron chi connectivity index (χ2n) is 5.26. The molecule has 1 aromatic rings. The van der Waals surface area contributed by atoms with Gasteiger partial charge in [0.25, 0.3) is 0 Å². The fourth-order valence-electron chi connectivity index (χ4n) is 2.52. The van der Waals surface area contributed by atoms with Gasteiger partial charge in [-0.3, -0.25) is 0 Å². The average Bonchev–Trinajstić information content (AvgIpc) is 2.39. The number of benzene rings is 1. The molecule has 1 heterocycles. The first-order valence-electron chi connectivity index (χ1n) is 6.81. The minimum Gasteiger partial charge on any atom is -0.316 e. The highest BCUT2D eigenvalue weighted by molar-refractivity contribution is 7.88. The van der Waals surface area contributed by atoms with E-state index in [2.05, 4.69) is 10.0 Å².